The van der Waals surface area contributed by atoms with E-state index in [-0.39, 0.29) is 18.2 Å². The van der Waals surface area contributed by atoms with E-state index in [1.54, 1.807) is 6.07 Å². The second-order valence-corrected chi connectivity index (χ2v) is 5.18. The third-order valence-corrected chi connectivity index (χ3v) is 3.45. The number of benzene rings is 2. The maximum absolute atomic E-state index is 12.0. The number of carbonyl (C=O) groups excluding carboxylic acids is 2. The van der Waals surface area contributed by atoms with E-state index in [2.05, 4.69) is 10.6 Å². The van der Waals surface area contributed by atoms with Crippen molar-refractivity contribution in [3.05, 3.63) is 65.2 Å². The zero-order valence-corrected chi connectivity index (χ0v) is 12.8. The lowest BCUT2D eigenvalue weighted by Crippen LogP contribution is -2.28. The summed E-state index contributed by atoms with van der Waals surface area (Å²) in [5.74, 6) is -0.263. The molecule has 2 aromatic rings. The number of hydrogen-bond acceptors (Lipinski definition) is 2. The maximum Gasteiger partial charge on any atom is 0.251 e. The highest BCUT2D eigenvalue weighted by Gasteiger charge is 2.09. The van der Waals surface area contributed by atoms with E-state index in [0.717, 1.165) is 16.8 Å². The first-order valence-corrected chi connectivity index (χ1v) is 7.27. The zero-order chi connectivity index (χ0) is 15.9. The van der Waals surface area contributed by atoms with Gasteiger partial charge >= 0.3 is 0 Å². The molecular weight excluding hydrogens is 276 g/mol. The molecule has 0 unspecified atom stereocenters. The fourth-order valence-electron chi connectivity index (χ4n) is 2.14. The molecule has 0 saturated heterocycles. The number of nitrogens with one attached hydrogen (secondary N) is 2. The molecule has 0 aliphatic heterocycles. The molecule has 0 heterocycles. The van der Waals surface area contributed by atoms with Crippen LogP contribution < -0.4 is 10.6 Å². The van der Waals surface area contributed by atoms with Gasteiger partial charge in [0.05, 0.1) is 0 Å². The summed E-state index contributed by atoms with van der Waals surface area (Å²) in [7, 11) is 0. The molecule has 0 radical (unpaired) electrons. The first-order valence-electron chi connectivity index (χ1n) is 7.27. The summed E-state index contributed by atoms with van der Waals surface area (Å²) in [6, 6.07) is 15.0. The predicted octanol–water partition coefficient (Wildman–Crippen LogP) is 3.06. The van der Waals surface area contributed by atoms with E-state index in [4.69, 9.17) is 0 Å². The predicted molar refractivity (Wildman–Crippen MR) is 87.9 cm³/mol. The third-order valence-electron chi connectivity index (χ3n) is 3.45. The Morgan fingerprint density at radius 3 is 2.23 bits per heavy atom. The molecule has 0 saturated carbocycles. The SMILES string of the molecule is Cc1ccccc1NC(=O)CCNC(=O)c1ccccc1C. The molecule has 0 fully saturated rings. The van der Waals surface area contributed by atoms with Gasteiger partial charge < -0.3 is 10.6 Å². The average Bonchev–Trinajstić information content (AvgIpc) is 2.50. The molecule has 0 bridgehead atoms. The van der Waals surface area contributed by atoms with Crippen LogP contribution in [0, 0.1) is 13.8 Å². The molecule has 2 amide bonds. The largest absolute Gasteiger partial charge is 0.352 e. The fraction of sp³-hybridized carbons (Fsp3) is 0.222. The summed E-state index contributed by atoms with van der Waals surface area (Å²) in [5.41, 5.74) is 3.38. The maximum atomic E-state index is 12.0. The average molecular weight is 296 g/mol. The van der Waals surface area contributed by atoms with Gasteiger partial charge in [0.1, 0.15) is 0 Å². The van der Waals surface area contributed by atoms with Crippen molar-refractivity contribution in [2.45, 2.75) is 20.3 Å². The summed E-state index contributed by atoms with van der Waals surface area (Å²) in [6.07, 6.45) is 0.242. The Morgan fingerprint density at radius 1 is 0.909 bits per heavy atom. The highest BCUT2D eigenvalue weighted by Crippen LogP contribution is 2.13. The van der Waals surface area contributed by atoms with Gasteiger partial charge in [-0.2, -0.15) is 0 Å². The lowest BCUT2D eigenvalue weighted by molar-refractivity contribution is -0.116. The minimum Gasteiger partial charge on any atom is -0.352 e. The second kappa shape index (κ2) is 7.41. The van der Waals surface area contributed by atoms with Crippen LogP contribution in [0.4, 0.5) is 5.69 Å². The molecular formula is C18H20N2O2. The number of amides is 2. The number of para-hydroxylation sites is 1. The van der Waals surface area contributed by atoms with E-state index >= 15 is 0 Å². The molecule has 22 heavy (non-hydrogen) atoms. The topological polar surface area (TPSA) is 58.2 Å². The van der Waals surface area contributed by atoms with Crippen molar-refractivity contribution in [1.82, 2.24) is 5.32 Å². The van der Waals surface area contributed by atoms with Crippen LogP contribution in [0.15, 0.2) is 48.5 Å². The van der Waals surface area contributed by atoms with E-state index in [9.17, 15) is 9.59 Å². The summed E-state index contributed by atoms with van der Waals surface area (Å²) in [6.45, 7) is 4.14. The van der Waals surface area contributed by atoms with Gasteiger partial charge in [0, 0.05) is 24.2 Å². The lowest BCUT2D eigenvalue weighted by Gasteiger charge is -2.09. The smallest absolute Gasteiger partial charge is 0.251 e. The quantitative estimate of drug-likeness (QED) is 0.891. The van der Waals surface area contributed by atoms with E-state index < -0.39 is 0 Å². The monoisotopic (exact) mass is 296 g/mol. The van der Waals surface area contributed by atoms with Crippen LogP contribution in [-0.4, -0.2) is 18.4 Å². The van der Waals surface area contributed by atoms with Gasteiger partial charge in [-0.25, -0.2) is 0 Å². The molecule has 2 N–H and O–H groups in total. The van der Waals surface area contributed by atoms with Crippen LogP contribution in [0.5, 0.6) is 0 Å². The minimum absolute atomic E-state index is 0.112. The number of carbonyl (C=O) groups is 2. The van der Waals surface area contributed by atoms with Crippen molar-refractivity contribution in [2.24, 2.45) is 0 Å². The number of aryl methyl sites for hydroxylation is 2. The Labute approximate surface area is 130 Å². The fourth-order valence-corrected chi connectivity index (χ4v) is 2.14. The highest BCUT2D eigenvalue weighted by atomic mass is 16.2. The van der Waals surface area contributed by atoms with Gasteiger partial charge in [-0.05, 0) is 37.1 Å². The molecule has 4 heteroatoms. The van der Waals surface area contributed by atoms with Gasteiger partial charge in [-0.15, -0.1) is 0 Å². The first kappa shape index (κ1) is 15.8. The van der Waals surface area contributed by atoms with Gasteiger partial charge in [0.2, 0.25) is 5.91 Å². The molecule has 2 aromatic carbocycles. The third kappa shape index (κ3) is 4.19. The van der Waals surface area contributed by atoms with Crippen LogP contribution in [0.25, 0.3) is 0 Å². The number of anilines is 1. The van der Waals surface area contributed by atoms with Crippen LogP contribution >= 0.6 is 0 Å². The van der Waals surface area contributed by atoms with E-state index in [0.29, 0.717) is 12.1 Å². The van der Waals surface area contributed by atoms with Crippen molar-refractivity contribution < 1.29 is 9.59 Å². The molecule has 114 valence electrons. The first-order chi connectivity index (χ1) is 10.6. The number of rotatable bonds is 5. The molecule has 2 rings (SSSR count). The summed E-state index contributed by atoms with van der Waals surface area (Å²) < 4.78 is 0. The van der Waals surface area contributed by atoms with Crippen molar-refractivity contribution in [3.8, 4) is 0 Å². The molecule has 0 atom stereocenters. The summed E-state index contributed by atoms with van der Waals surface area (Å²) >= 11 is 0. The molecule has 4 nitrogen and oxygen atoms in total. The van der Waals surface area contributed by atoms with Crippen LogP contribution in [0.1, 0.15) is 27.9 Å². The minimum atomic E-state index is -0.151. The van der Waals surface area contributed by atoms with Crippen molar-refractivity contribution in [3.63, 3.8) is 0 Å². The normalized spacial score (nSPS) is 10.1. The van der Waals surface area contributed by atoms with Gasteiger partial charge in [-0.1, -0.05) is 36.4 Å². The van der Waals surface area contributed by atoms with Gasteiger partial charge in [-0.3, -0.25) is 9.59 Å². The summed E-state index contributed by atoms with van der Waals surface area (Å²) in [5, 5.41) is 5.62. The molecule has 0 aromatic heterocycles. The van der Waals surface area contributed by atoms with Crippen LogP contribution in [0.3, 0.4) is 0 Å². The van der Waals surface area contributed by atoms with Crippen molar-refractivity contribution in [1.29, 1.82) is 0 Å². The van der Waals surface area contributed by atoms with Gasteiger partial charge in [0.15, 0.2) is 0 Å². The Hall–Kier alpha value is -2.62. The molecule has 0 spiro atoms. The van der Waals surface area contributed by atoms with Crippen LogP contribution in [-0.2, 0) is 4.79 Å². The van der Waals surface area contributed by atoms with E-state index in [1.165, 1.54) is 0 Å². The van der Waals surface area contributed by atoms with E-state index in [1.807, 2.05) is 56.3 Å². The van der Waals surface area contributed by atoms with Crippen LogP contribution in [0.2, 0.25) is 0 Å². The van der Waals surface area contributed by atoms with Gasteiger partial charge in [0.25, 0.3) is 5.91 Å². The molecule has 0 aliphatic rings. The summed E-state index contributed by atoms with van der Waals surface area (Å²) in [4.78, 5) is 23.9. The molecule has 0 aliphatic carbocycles. The van der Waals surface area contributed by atoms with Crippen molar-refractivity contribution in [2.75, 3.05) is 11.9 Å². The Balaban J connectivity index is 1.81. The zero-order valence-electron chi connectivity index (χ0n) is 12.8. The van der Waals surface area contributed by atoms with Crippen molar-refractivity contribution >= 4 is 17.5 Å². The Bertz CT molecular complexity index is 680. The Morgan fingerprint density at radius 2 is 1.55 bits per heavy atom. The number of hydrogen-bond donors (Lipinski definition) is 2. The second-order valence-electron chi connectivity index (χ2n) is 5.18. The Kier molecular flexibility index (Phi) is 5.31. The standard InChI is InChI=1S/C18H20N2O2/c1-13-7-3-5-9-15(13)18(22)19-12-11-17(21)20-16-10-6-4-8-14(16)2/h3-10H,11-12H2,1-2H3,(H,19,22)(H,20,21). The lowest BCUT2D eigenvalue weighted by atomic mass is 10.1. The highest BCUT2D eigenvalue weighted by molar-refractivity contribution is 5.96.